The van der Waals surface area contributed by atoms with Crippen LogP contribution in [0.4, 0.5) is 4.39 Å². The predicted octanol–water partition coefficient (Wildman–Crippen LogP) is 18.1. The molecule has 0 aliphatic rings. The molecule has 0 amide bonds. The van der Waals surface area contributed by atoms with Gasteiger partial charge >= 0.3 is 0 Å². The maximum atomic E-state index is 16.9. The van der Waals surface area contributed by atoms with E-state index in [0.29, 0.717) is 0 Å². The number of hydrogen-bond acceptors (Lipinski definition) is 1. The monoisotopic (exact) mass is 1040 g/mol. The SMILES string of the molecule is CCCC[Si](CCCC)(CCCC)c1ccc(P(c2ccc([Si](CCCC)(CCCC)CCCC)cc2)N(C(C)C)P(c2ccc([Si](CCCC)(CCCC)CCCC)cc2)c2ccccc2F)cc1. The van der Waals surface area contributed by atoms with Crippen LogP contribution in [-0.2, 0) is 0 Å². The summed E-state index contributed by atoms with van der Waals surface area (Å²) in [5.74, 6) is -0.0707. The molecule has 0 radical (unpaired) electrons. The Morgan fingerprint density at radius 1 is 0.357 bits per heavy atom. The Kier molecular flexibility index (Phi) is 28.3. The first-order valence-electron chi connectivity index (χ1n) is 29.5. The molecule has 0 N–H and O–H groups in total. The normalized spacial score (nSPS) is 13.0. The molecule has 0 aromatic heterocycles. The first kappa shape index (κ1) is 60.8. The summed E-state index contributed by atoms with van der Waals surface area (Å²) >= 11 is 0. The highest BCUT2D eigenvalue weighted by atomic mass is 31.2. The van der Waals surface area contributed by atoms with Crippen molar-refractivity contribution in [3.8, 4) is 0 Å². The van der Waals surface area contributed by atoms with Gasteiger partial charge in [-0.1, -0.05) is 333 Å². The van der Waals surface area contributed by atoms with E-state index in [4.69, 9.17) is 0 Å². The molecule has 70 heavy (non-hydrogen) atoms. The maximum absolute atomic E-state index is 16.9. The maximum Gasteiger partial charge on any atom is 0.132 e. The molecular weight excluding hydrogens is 936 g/mol. The van der Waals surface area contributed by atoms with E-state index in [2.05, 4.69) is 166 Å². The minimum Gasteiger partial charge on any atom is -0.242 e. The third-order valence-electron chi connectivity index (χ3n) is 16.2. The Bertz CT molecular complexity index is 1850. The van der Waals surface area contributed by atoms with E-state index in [9.17, 15) is 0 Å². The minimum absolute atomic E-state index is 0.0707. The Labute approximate surface area is 438 Å². The van der Waals surface area contributed by atoms with E-state index < -0.39 is 40.4 Å². The van der Waals surface area contributed by atoms with Crippen LogP contribution in [0.2, 0.25) is 54.4 Å². The van der Waals surface area contributed by atoms with Gasteiger partial charge in [0, 0.05) is 27.5 Å². The Balaban J connectivity index is 2.05. The molecule has 0 bridgehead atoms. The molecule has 4 aromatic carbocycles. The highest BCUT2D eigenvalue weighted by Gasteiger charge is 2.39. The molecule has 0 spiro atoms. The molecule has 0 heterocycles. The van der Waals surface area contributed by atoms with Gasteiger partial charge in [-0.15, -0.1) is 0 Å². The molecule has 4 aromatic rings. The molecular formula is C63H104FNP2Si3. The fraction of sp³-hybridized carbons (Fsp3) is 0.619. The zero-order chi connectivity index (χ0) is 50.8. The molecule has 0 saturated heterocycles. The van der Waals surface area contributed by atoms with Crippen LogP contribution in [0.15, 0.2) is 97.1 Å². The third-order valence-corrected chi connectivity index (χ3v) is 38.7. The van der Waals surface area contributed by atoms with Crippen molar-refractivity contribution in [2.75, 3.05) is 0 Å². The number of rotatable bonds is 37. The van der Waals surface area contributed by atoms with Crippen molar-refractivity contribution in [3.05, 3.63) is 103 Å². The molecule has 0 fully saturated rings. The molecule has 4 rings (SSSR count). The summed E-state index contributed by atoms with van der Waals surface area (Å²) in [4.78, 5) is 0. The third kappa shape index (κ3) is 16.6. The highest BCUT2D eigenvalue weighted by molar-refractivity contribution is 7.84. The van der Waals surface area contributed by atoms with Gasteiger partial charge < -0.3 is 0 Å². The predicted molar refractivity (Wildman–Crippen MR) is 329 cm³/mol. The molecule has 1 unspecified atom stereocenters. The van der Waals surface area contributed by atoms with Gasteiger partial charge in [0.05, 0.1) is 24.2 Å². The fourth-order valence-corrected chi connectivity index (χ4v) is 34.8. The topological polar surface area (TPSA) is 3.24 Å². The standard InChI is InChI=1S/C63H104FNP2Si3/c1-12-21-46-68(47-22-13-2,48-23-14-3)59-40-34-56(35-41-59)66(57-36-42-60(43-37-57)69(49-24-15-4,50-25-16-5)51-26-17-6)65(55(10)11)67(63-33-31-30-32-62(63)64)58-38-44-61(45-39-58)70(52-27-18-7,53-28-19-8)54-29-20-9/h30-45,55H,12-29,46-54H2,1-11H3. The van der Waals surface area contributed by atoms with E-state index in [0.717, 1.165) is 5.30 Å². The van der Waals surface area contributed by atoms with Crippen LogP contribution in [0.3, 0.4) is 0 Å². The lowest BCUT2D eigenvalue weighted by atomic mass is 10.3. The van der Waals surface area contributed by atoms with Crippen molar-refractivity contribution < 1.29 is 4.39 Å². The van der Waals surface area contributed by atoms with E-state index >= 15 is 4.39 Å². The van der Waals surface area contributed by atoms with Crippen LogP contribution < -0.4 is 36.8 Å². The molecule has 1 atom stereocenters. The average molecular weight is 1040 g/mol. The smallest absolute Gasteiger partial charge is 0.132 e. The van der Waals surface area contributed by atoms with E-state index in [1.165, 1.54) is 186 Å². The van der Waals surface area contributed by atoms with Gasteiger partial charge in [-0.3, -0.25) is 0 Å². The number of hydrogen-bond donors (Lipinski definition) is 0. The summed E-state index contributed by atoms with van der Waals surface area (Å²) in [6.07, 6.45) is 23.4. The molecule has 1 nitrogen and oxygen atoms in total. The van der Waals surface area contributed by atoms with Gasteiger partial charge in [0.15, 0.2) is 0 Å². The van der Waals surface area contributed by atoms with E-state index in [1.807, 2.05) is 6.07 Å². The van der Waals surface area contributed by atoms with Gasteiger partial charge in [-0.25, -0.2) is 8.83 Å². The van der Waals surface area contributed by atoms with Crippen LogP contribution in [0.1, 0.15) is 192 Å². The van der Waals surface area contributed by atoms with Gasteiger partial charge in [0.2, 0.25) is 0 Å². The Hall–Kier alpha value is -1.72. The zero-order valence-electron chi connectivity index (χ0n) is 47.1. The van der Waals surface area contributed by atoms with Crippen LogP contribution in [0, 0.1) is 5.82 Å². The van der Waals surface area contributed by atoms with Gasteiger partial charge in [0.25, 0.3) is 0 Å². The number of benzene rings is 4. The van der Waals surface area contributed by atoms with E-state index in [1.54, 1.807) is 21.6 Å². The molecule has 390 valence electrons. The second-order valence-corrected chi connectivity index (χ2v) is 40.3. The van der Waals surface area contributed by atoms with Crippen LogP contribution in [0.5, 0.6) is 0 Å². The van der Waals surface area contributed by atoms with Crippen molar-refractivity contribution in [3.63, 3.8) is 0 Å². The average Bonchev–Trinajstić information content (AvgIpc) is 3.39. The van der Waals surface area contributed by atoms with Crippen molar-refractivity contribution in [2.45, 2.75) is 252 Å². The summed E-state index contributed by atoms with van der Waals surface area (Å²) < 4.78 is 19.7. The fourth-order valence-electron chi connectivity index (χ4n) is 11.9. The Morgan fingerprint density at radius 2 is 0.600 bits per heavy atom. The molecule has 0 saturated carbocycles. The zero-order valence-corrected chi connectivity index (χ0v) is 51.9. The lowest BCUT2D eigenvalue weighted by Gasteiger charge is -2.42. The Morgan fingerprint density at radius 3 is 0.829 bits per heavy atom. The lowest BCUT2D eigenvalue weighted by molar-refractivity contribution is 0.581. The van der Waals surface area contributed by atoms with Crippen molar-refractivity contribution in [2.24, 2.45) is 0 Å². The number of halogens is 1. The second kappa shape index (κ2) is 32.6. The van der Waals surface area contributed by atoms with Crippen molar-refractivity contribution in [1.29, 1.82) is 0 Å². The molecule has 0 aliphatic carbocycles. The van der Waals surface area contributed by atoms with E-state index in [-0.39, 0.29) is 11.9 Å². The summed E-state index contributed by atoms with van der Waals surface area (Å²) in [5, 5.41) is 9.99. The molecule has 7 heteroatoms. The first-order chi connectivity index (χ1) is 34.0. The first-order valence-corrected chi connectivity index (χ1v) is 39.9. The summed E-state index contributed by atoms with van der Waals surface area (Å²) in [7, 11) is -7.40. The van der Waals surface area contributed by atoms with Gasteiger partial charge in [0.1, 0.15) is 5.82 Å². The lowest BCUT2D eigenvalue weighted by Crippen LogP contribution is -2.48. The highest BCUT2D eigenvalue weighted by Crippen LogP contribution is 2.56. The van der Waals surface area contributed by atoms with Gasteiger partial charge in [-0.05, 0) is 41.9 Å². The van der Waals surface area contributed by atoms with Gasteiger partial charge in [-0.2, -0.15) is 0 Å². The largest absolute Gasteiger partial charge is 0.242 e. The summed E-state index contributed by atoms with van der Waals surface area (Å²) in [6, 6.07) is 51.5. The van der Waals surface area contributed by atoms with Crippen molar-refractivity contribution in [1.82, 2.24) is 4.44 Å². The summed E-state index contributed by atoms with van der Waals surface area (Å²) in [6.45, 7) is 26.2. The summed E-state index contributed by atoms with van der Waals surface area (Å²) in [5.41, 5.74) is 0. The number of unbranched alkanes of at least 4 members (excludes halogenated alkanes) is 9. The van der Waals surface area contributed by atoms with Crippen LogP contribution in [-0.4, -0.2) is 34.7 Å². The van der Waals surface area contributed by atoms with Crippen molar-refractivity contribution >= 4 is 77.1 Å². The quantitative estimate of drug-likeness (QED) is 0.0321. The molecule has 0 aliphatic heterocycles. The minimum atomic E-state index is -1.72. The van der Waals surface area contributed by atoms with Crippen LogP contribution in [0.25, 0.3) is 0 Å². The second-order valence-electron chi connectivity index (χ2n) is 21.9. The van der Waals surface area contributed by atoms with Crippen LogP contribution >= 0.6 is 16.1 Å². The number of nitrogens with zero attached hydrogens (tertiary/aromatic N) is 1.